The highest BCUT2D eigenvalue weighted by Gasteiger charge is 2.60. The van der Waals surface area contributed by atoms with Gasteiger partial charge in [0.25, 0.3) is 0 Å². The third-order valence-electron chi connectivity index (χ3n) is 11.5. The molecule has 0 radical (unpaired) electrons. The summed E-state index contributed by atoms with van der Waals surface area (Å²) in [5.74, 6) is -4.65. The Morgan fingerprint density at radius 3 is 2.26 bits per heavy atom. The molecule has 4 unspecified atom stereocenters. The van der Waals surface area contributed by atoms with Crippen molar-refractivity contribution in [3.63, 3.8) is 0 Å². The summed E-state index contributed by atoms with van der Waals surface area (Å²) in [7, 11) is 5.58. The van der Waals surface area contributed by atoms with Crippen LogP contribution in [0.25, 0.3) is 10.4 Å². The van der Waals surface area contributed by atoms with Crippen molar-refractivity contribution in [1.29, 1.82) is 0 Å². The highest BCUT2D eigenvalue weighted by atomic mass is 16.7. The Hall–Kier alpha value is -2.77. The van der Waals surface area contributed by atoms with Crippen LogP contribution < -0.4 is 0 Å². The van der Waals surface area contributed by atoms with Gasteiger partial charge in [-0.2, -0.15) is 0 Å². The first-order valence-corrected chi connectivity index (χ1v) is 18.2. The predicted molar refractivity (Wildman–Crippen MR) is 186 cm³/mol. The molecule has 3 aliphatic heterocycles. The molecule has 0 aliphatic carbocycles. The molecule has 0 aromatic carbocycles. The van der Waals surface area contributed by atoms with Crippen LogP contribution in [-0.2, 0) is 38.1 Å². The van der Waals surface area contributed by atoms with Gasteiger partial charge in [-0.25, -0.2) is 4.79 Å². The molecule has 1 amide bonds. The zero-order chi connectivity index (χ0) is 37.7. The largest absolute Gasteiger partial charge is 0.458 e. The van der Waals surface area contributed by atoms with E-state index in [0.29, 0.717) is 12.8 Å². The van der Waals surface area contributed by atoms with E-state index in [1.807, 2.05) is 41.8 Å². The Labute approximate surface area is 297 Å². The molecule has 0 bridgehead atoms. The number of hydrogen-bond acceptors (Lipinski definition) is 11. The fourth-order valence-corrected chi connectivity index (χ4v) is 8.55. The highest BCUT2D eigenvalue weighted by Crippen LogP contribution is 2.43. The lowest BCUT2D eigenvalue weighted by Gasteiger charge is -2.47. The lowest BCUT2D eigenvalue weighted by atomic mass is 9.73. The number of Topliss-reactive ketones (excluding diaryl/α,β-unsaturated/α-hetero) is 2. The van der Waals surface area contributed by atoms with Gasteiger partial charge in [0.05, 0.1) is 23.9 Å². The van der Waals surface area contributed by atoms with Gasteiger partial charge in [0.2, 0.25) is 0 Å². The number of ketones is 2. The monoisotopic (exact) mass is 707 g/mol. The average Bonchev–Trinajstić information content (AvgIpc) is 3.33. The summed E-state index contributed by atoms with van der Waals surface area (Å²) in [4.78, 5) is 62.5. The van der Waals surface area contributed by atoms with E-state index in [0.717, 1.165) is 6.42 Å². The fourth-order valence-electron chi connectivity index (χ4n) is 8.55. The van der Waals surface area contributed by atoms with Crippen molar-refractivity contribution in [2.24, 2.45) is 34.7 Å². The molecule has 14 nitrogen and oxygen atoms in total. The van der Waals surface area contributed by atoms with Gasteiger partial charge in [-0.3, -0.25) is 14.4 Å². The van der Waals surface area contributed by atoms with Crippen molar-refractivity contribution < 1.29 is 42.9 Å². The summed E-state index contributed by atoms with van der Waals surface area (Å²) in [6.45, 7) is 16.8. The van der Waals surface area contributed by atoms with E-state index in [9.17, 15) is 19.2 Å². The highest BCUT2D eigenvalue weighted by molar-refractivity contribution is 6.00. The topological polar surface area (TPSA) is 170 Å². The summed E-state index contributed by atoms with van der Waals surface area (Å²) in [5.41, 5.74) is 6.12. The van der Waals surface area contributed by atoms with Crippen molar-refractivity contribution in [1.82, 2.24) is 9.80 Å². The van der Waals surface area contributed by atoms with Crippen molar-refractivity contribution in [3.8, 4) is 0 Å². The van der Waals surface area contributed by atoms with Gasteiger partial charge in [0, 0.05) is 54.8 Å². The van der Waals surface area contributed by atoms with Crippen molar-refractivity contribution in [2.75, 3.05) is 34.3 Å². The van der Waals surface area contributed by atoms with Crippen LogP contribution >= 0.6 is 0 Å². The third-order valence-corrected chi connectivity index (χ3v) is 11.5. The van der Waals surface area contributed by atoms with Crippen LogP contribution in [-0.4, -0.2) is 116 Å². The molecular weight excluding hydrogens is 646 g/mol. The van der Waals surface area contributed by atoms with Gasteiger partial charge in [0.1, 0.15) is 17.8 Å². The molecule has 0 N–H and O–H groups in total. The summed E-state index contributed by atoms with van der Waals surface area (Å²) in [5, 5.41) is 3.58. The first kappa shape index (κ1) is 41.6. The van der Waals surface area contributed by atoms with Gasteiger partial charge in [-0.15, -0.1) is 0 Å². The van der Waals surface area contributed by atoms with E-state index < -0.39 is 77.3 Å². The van der Waals surface area contributed by atoms with Gasteiger partial charge >= 0.3 is 12.1 Å². The molecule has 14 heteroatoms. The molecule has 3 fully saturated rings. The Kier molecular flexibility index (Phi) is 14.3. The standard InChI is InChI=1S/C36H61N5O9/c1-13-27-36(9)30(41(34(45)50-36)17-15-14-16-38-39-37)23(5)28(42)20(2)19-35(8,46-12)31(24(6)29(43)25(7)32(44)48-27)49-33-22(4)26(40(10)11)18-21(3)47-33/h20-27,30-31,33H,13-19H2,1-12H3/t20-,21?,22?,23+,24+,25-,26?,27-,30-,31-,33?,35+,36-/m1/s1. The van der Waals surface area contributed by atoms with Gasteiger partial charge in [-0.05, 0) is 79.4 Å². The first-order chi connectivity index (χ1) is 23.4. The third kappa shape index (κ3) is 8.63. The van der Waals surface area contributed by atoms with E-state index in [-0.39, 0.29) is 49.8 Å². The number of fused-ring (bicyclic) bond motifs is 1. The summed E-state index contributed by atoms with van der Waals surface area (Å²) < 4.78 is 31.4. The molecule has 0 aromatic heterocycles. The molecule has 13 atom stereocenters. The van der Waals surface area contributed by atoms with Crippen molar-refractivity contribution in [2.45, 2.75) is 142 Å². The second-order valence-corrected chi connectivity index (χ2v) is 15.4. The molecule has 284 valence electrons. The fraction of sp³-hybridized carbons (Fsp3) is 0.889. The zero-order valence-corrected chi connectivity index (χ0v) is 32.2. The predicted octanol–water partition coefficient (Wildman–Crippen LogP) is 5.56. The Morgan fingerprint density at radius 1 is 1.02 bits per heavy atom. The van der Waals surface area contributed by atoms with Crippen LogP contribution in [0.4, 0.5) is 4.79 Å². The lowest BCUT2D eigenvalue weighted by molar-refractivity contribution is -0.280. The van der Waals surface area contributed by atoms with Crippen LogP contribution in [0.1, 0.15) is 94.4 Å². The van der Waals surface area contributed by atoms with Crippen molar-refractivity contribution >= 4 is 23.6 Å². The Balaban J connectivity index is 2.10. The van der Waals surface area contributed by atoms with Crippen molar-refractivity contribution in [3.05, 3.63) is 10.4 Å². The molecule has 50 heavy (non-hydrogen) atoms. The maximum absolute atomic E-state index is 14.5. The van der Waals surface area contributed by atoms with E-state index >= 15 is 0 Å². The molecule has 3 saturated heterocycles. The molecule has 0 aromatic rings. The van der Waals surface area contributed by atoms with Gasteiger partial charge < -0.3 is 33.5 Å². The quantitative estimate of drug-likeness (QED) is 0.0700. The molecule has 0 saturated carbocycles. The van der Waals surface area contributed by atoms with Crippen LogP contribution in [0, 0.1) is 29.6 Å². The normalized spacial score (nSPS) is 40.5. The zero-order valence-electron chi connectivity index (χ0n) is 32.2. The number of unbranched alkanes of at least 4 members (excludes halogenated alkanes) is 1. The summed E-state index contributed by atoms with van der Waals surface area (Å²) >= 11 is 0. The average molecular weight is 708 g/mol. The second kappa shape index (κ2) is 17.2. The Morgan fingerprint density at radius 2 is 1.68 bits per heavy atom. The summed E-state index contributed by atoms with van der Waals surface area (Å²) in [6.07, 6.45) is -0.889. The number of rotatable bonds is 10. The van der Waals surface area contributed by atoms with E-state index in [1.54, 1.807) is 20.8 Å². The number of cyclic esters (lactones) is 1. The minimum absolute atomic E-state index is 0.0558. The molecule has 3 heterocycles. The van der Waals surface area contributed by atoms with E-state index in [2.05, 4.69) is 21.8 Å². The number of ether oxygens (including phenoxy) is 5. The van der Waals surface area contributed by atoms with Crippen LogP contribution in [0.3, 0.4) is 0 Å². The number of azide groups is 1. The number of carbonyl (C=O) groups is 4. The van der Waals surface area contributed by atoms with E-state index in [4.69, 9.17) is 29.2 Å². The van der Waals surface area contributed by atoms with Gasteiger partial charge in [-0.1, -0.05) is 39.7 Å². The summed E-state index contributed by atoms with van der Waals surface area (Å²) in [6, 6.07) is -0.618. The molecule has 3 aliphatic rings. The number of amides is 1. The first-order valence-electron chi connectivity index (χ1n) is 18.2. The van der Waals surface area contributed by atoms with Gasteiger partial charge in [0.15, 0.2) is 17.7 Å². The van der Waals surface area contributed by atoms with E-state index in [1.165, 1.54) is 18.9 Å². The maximum atomic E-state index is 14.5. The smallest absolute Gasteiger partial charge is 0.410 e. The number of methoxy groups -OCH3 is 1. The molecule has 3 rings (SSSR count). The lowest BCUT2D eigenvalue weighted by Crippen LogP contribution is -2.59. The van der Waals surface area contributed by atoms with Crippen LogP contribution in [0.5, 0.6) is 0 Å². The minimum atomic E-state index is -1.38. The second-order valence-electron chi connectivity index (χ2n) is 15.4. The Bertz CT molecular complexity index is 1280. The SMILES string of the molecule is CC[C@H]1OC(=O)[C@H](C)C(=O)[C@H](C)[C@@H](OC2OC(C)CC(N(C)C)C2C)[C@@](C)(OC)C[C@@H](C)C(=O)[C@H](C)[C@H]2N(CCCCN=[N+]=[N-])C(=O)O[C@]12C. The maximum Gasteiger partial charge on any atom is 0.410 e. The van der Waals surface area contributed by atoms with Crippen LogP contribution in [0.2, 0.25) is 0 Å². The van der Waals surface area contributed by atoms with Crippen LogP contribution in [0.15, 0.2) is 5.11 Å². The number of esters is 1. The number of hydrogen-bond donors (Lipinski definition) is 0. The number of carbonyl (C=O) groups excluding carboxylic acids is 4. The number of nitrogens with zero attached hydrogens (tertiary/aromatic N) is 5. The molecular formula is C36H61N5O9. The minimum Gasteiger partial charge on any atom is -0.458 e. The molecule has 0 spiro atoms.